The van der Waals surface area contributed by atoms with Gasteiger partial charge in [0.15, 0.2) is 0 Å². The van der Waals surface area contributed by atoms with Crippen LogP contribution < -0.4 is 21.3 Å². The molecule has 0 unspecified atom stereocenters. The standard InChI is InChI=1S/C16H27N5OS2/c1-20-8-10-21(11-9-20)15-4-2-14(3-5-15)19-16(22)18-7-13-24-23-12-6-17/h2-5H,6-13,17H2,1H3,(H2,18,19,22). The molecular weight excluding hydrogens is 342 g/mol. The van der Waals surface area contributed by atoms with Crippen molar-refractivity contribution in [3.63, 3.8) is 0 Å². The van der Waals surface area contributed by atoms with Gasteiger partial charge in [0.2, 0.25) is 0 Å². The Hall–Kier alpha value is -1.09. The Bertz CT molecular complexity index is 492. The van der Waals surface area contributed by atoms with E-state index in [1.807, 2.05) is 12.1 Å². The van der Waals surface area contributed by atoms with Crippen molar-refractivity contribution in [2.45, 2.75) is 0 Å². The van der Waals surface area contributed by atoms with E-state index in [0.717, 1.165) is 43.4 Å². The highest BCUT2D eigenvalue weighted by atomic mass is 33.1. The maximum atomic E-state index is 11.8. The lowest BCUT2D eigenvalue weighted by atomic mass is 10.2. The van der Waals surface area contributed by atoms with Crippen LogP contribution in [0.25, 0.3) is 0 Å². The molecule has 1 saturated heterocycles. The number of rotatable bonds is 8. The smallest absolute Gasteiger partial charge is 0.319 e. The Morgan fingerprint density at radius 1 is 1.12 bits per heavy atom. The number of nitrogens with two attached hydrogens (primary N) is 1. The first kappa shape index (κ1) is 19.2. The second kappa shape index (κ2) is 10.7. The van der Waals surface area contributed by atoms with Gasteiger partial charge in [0.05, 0.1) is 0 Å². The average molecular weight is 370 g/mol. The largest absolute Gasteiger partial charge is 0.369 e. The van der Waals surface area contributed by atoms with E-state index >= 15 is 0 Å². The number of hydrogen-bond donors (Lipinski definition) is 3. The van der Waals surface area contributed by atoms with Crippen LogP contribution in [0.3, 0.4) is 0 Å². The van der Waals surface area contributed by atoms with Crippen LogP contribution in [0.4, 0.5) is 16.2 Å². The number of benzene rings is 1. The zero-order valence-electron chi connectivity index (χ0n) is 14.2. The summed E-state index contributed by atoms with van der Waals surface area (Å²) in [6, 6.07) is 7.89. The third kappa shape index (κ3) is 6.80. The van der Waals surface area contributed by atoms with Gasteiger partial charge >= 0.3 is 6.03 Å². The Morgan fingerprint density at radius 3 is 2.46 bits per heavy atom. The van der Waals surface area contributed by atoms with Gasteiger partial charge in [0.25, 0.3) is 0 Å². The molecule has 4 N–H and O–H groups in total. The topological polar surface area (TPSA) is 73.6 Å². The van der Waals surface area contributed by atoms with Crippen molar-refractivity contribution in [1.82, 2.24) is 10.2 Å². The van der Waals surface area contributed by atoms with E-state index in [-0.39, 0.29) is 6.03 Å². The number of urea groups is 1. The molecule has 1 aliphatic heterocycles. The van der Waals surface area contributed by atoms with Gasteiger partial charge in [0, 0.05) is 62.1 Å². The molecule has 2 rings (SSSR count). The summed E-state index contributed by atoms with van der Waals surface area (Å²) in [6.45, 7) is 5.60. The van der Waals surface area contributed by atoms with Crippen molar-refractivity contribution in [2.24, 2.45) is 5.73 Å². The van der Waals surface area contributed by atoms with Gasteiger partial charge in [-0.1, -0.05) is 21.6 Å². The van der Waals surface area contributed by atoms with E-state index < -0.39 is 0 Å². The number of anilines is 2. The number of carbonyl (C=O) groups excluding carboxylic acids is 1. The zero-order chi connectivity index (χ0) is 17.2. The van der Waals surface area contributed by atoms with Crippen molar-refractivity contribution in [3.05, 3.63) is 24.3 Å². The summed E-state index contributed by atoms with van der Waals surface area (Å²) in [7, 11) is 5.62. The molecule has 0 aromatic heterocycles. The van der Waals surface area contributed by atoms with Crippen LogP contribution in [-0.4, -0.2) is 68.8 Å². The minimum atomic E-state index is -0.160. The fraction of sp³-hybridized carbons (Fsp3) is 0.562. The summed E-state index contributed by atoms with van der Waals surface area (Å²) in [5, 5.41) is 5.73. The number of nitrogens with one attached hydrogen (secondary N) is 2. The van der Waals surface area contributed by atoms with Crippen LogP contribution in [0, 0.1) is 0 Å². The molecule has 0 radical (unpaired) electrons. The van der Waals surface area contributed by atoms with E-state index in [0.29, 0.717) is 13.1 Å². The summed E-state index contributed by atoms with van der Waals surface area (Å²) in [6.07, 6.45) is 0. The summed E-state index contributed by atoms with van der Waals surface area (Å²) >= 11 is 0. The monoisotopic (exact) mass is 369 g/mol. The van der Waals surface area contributed by atoms with Crippen molar-refractivity contribution in [3.8, 4) is 0 Å². The molecule has 134 valence electrons. The highest BCUT2D eigenvalue weighted by Crippen LogP contribution is 2.20. The Kier molecular flexibility index (Phi) is 8.58. The van der Waals surface area contributed by atoms with E-state index in [4.69, 9.17) is 5.73 Å². The number of carbonyl (C=O) groups is 1. The average Bonchev–Trinajstić information content (AvgIpc) is 2.59. The lowest BCUT2D eigenvalue weighted by Crippen LogP contribution is -2.44. The highest BCUT2D eigenvalue weighted by Gasteiger charge is 2.14. The molecule has 24 heavy (non-hydrogen) atoms. The van der Waals surface area contributed by atoms with Gasteiger partial charge in [-0.2, -0.15) is 0 Å². The molecule has 0 atom stereocenters. The van der Waals surface area contributed by atoms with Gasteiger partial charge in [-0.05, 0) is 31.3 Å². The molecule has 0 saturated carbocycles. The Balaban J connectivity index is 1.68. The van der Waals surface area contributed by atoms with Crippen molar-refractivity contribution < 1.29 is 4.79 Å². The van der Waals surface area contributed by atoms with E-state index in [1.54, 1.807) is 21.6 Å². The van der Waals surface area contributed by atoms with Gasteiger partial charge in [-0.15, -0.1) is 0 Å². The predicted molar refractivity (Wildman–Crippen MR) is 107 cm³/mol. The lowest BCUT2D eigenvalue weighted by Gasteiger charge is -2.34. The third-order valence-corrected chi connectivity index (χ3v) is 6.19. The van der Waals surface area contributed by atoms with Crippen molar-refractivity contribution >= 4 is 39.0 Å². The molecule has 6 nitrogen and oxygen atoms in total. The number of piperazine rings is 1. The number of amides is 2. The van der Waals surface area contributed by atoms with Gasteiger partial charge in [-0.25, -0.2) is 4.79 Å². The maximum absolute atomic E-state index is 11.8. The number of hydrogen-bond acceptors (Lipinski definition) is 6. The maximum Gasteiger partial charge on any atom is 0.319 e. The summed E-state index contributed by atoms with van der Waals surface area (Å²) < 4.78 is 0. The first-order valence-corrected chi connectivity index (χ1v) is 10.7. The van der Waals surface area contributed by atoms with E-state index in [1.165, 1.54) is 5.69 Å². The fourth-order valence-corrected chi connectivity index (χ4v) is 4.13. The summed E-state index contributed by atoms with van der Waals surface area (Å²) in [5.41, 5.74) is 7.45. The summed E-state index contributed by atoms with van der Waals surface area (Å²) in [5.74, 6) is 1.82. The first-order valence-electron chi connectivity index (χ1n) is 8.22. The van der Waals surface area contributed by atoms with Gasteiger partial charge < -0.3 is 26.2 Å². The quantitative estimate of drug-likeness (QED) is 0.480. The molecular formula is C16H27N5OS2. The molecule has 0 bridgehead atoms. The van der Waals surface area contributed by atoms with Crippen molar-refractivity contribution in [1.29, 1.82) is 0 Å². The third-order valence-electron chi connectivity index (χ3n) is 3.75. The normalized spacial score (nSPS) is 15.3. The number of likely N-dealkylation sites (N-methyl/N-ethyl adjacent to an activating group) is 1. The van der Waals surface area contributed by atoms with Crippen LogP contribution >= 0.6 is 21.6 Å². The zero-order valence-corrected chi connectivity index (χ0v) is 15.8. The fourth-order valence-electron chi connectivity index (χ4n) is 2.37. The number of nitrogens with zero attached hydrogens (tertiary/aromatic N) is 2. The Labute approximate surface area is 152 Å². The molecule has 2 amide bonds. The molecule has 1 aromatic carbocycles. The molecule has 1 heterocycles. The molecule has 1 fully saturated rings. The minimum absolute atomic E-state index is 0.160. The first-order chi connectivity index (χ1) is 11.7. The van der Waals surface area contributed by atoms with Crippen LogP contribution in [0.5, 0.6) is 0 Å². The van der Waals surface area contributed by atoms with E-state index in [9.17, 15) is 4.79 Å². The molecule has 8 heteroatoms. The second-order valence-corrected chi connectivity index (χ2v) is 8.35. The SMILES string of the molecule is CN1CCN(c2ccc(NC(=O)NCCSSCCN)cc2)CC1. The highest BCUT2D eigenvalue weighted by molar-refractivity contribution is 8.76. The van der Waals surface area contributed by atoms with Crippen LogP contribution in [0.15, 0.2) is 24.3 Å². The molecule has 1 aliphatic rings. The summed E-state index contributed by atoms with van der Waals surface area (Å²) in [4.78, 5) is 16.6. The molecule has 0 aliphatic carbocycles. The molecule has 1 aromatic rings. The molecule has 0 spiro atoms. The Morgan fingerprint density at radius 2 is 1.79 bits per heavy atom. The van der Waals surface area contributed by atoms with Crippen molar-refractivity contribution in [2.75, 3.05) is 68.0 Å². The predicted octanol–water partition coefficient (Wildman–Crippen LogP) is 1.90. The minimum Gasteiger partial charge on any atom is -0.369 e. The van der Waals surface area contributed by atoms with Crippen LogP contribution in [-0.2, 0) is 0 Å². The van der Waals surface area contributed by atoms with E-state index in [2.05, 4.69) is 39.6 Å². The van der Waals surface area contributed by atoms with Gasteiger partial charge in [-0.3, -0.25) is 0 Å². The van der Waals surface area contributed by atoms with Crippen LogP contribution in [0.2, 0.25) is 0 Å². The van der Waals surface area contributed by atoms with Crippen LogP contribution in [0.1, 0.15) is 0 Å². The lowest BCUT2D eigenvalue weighted by molar-refractivity contribution is 0.252. The van der Waals surface area contributed by atoms with Gasteiger partial charge in [0.1, 0.15) is 0 Å². The second-order valence-electron chi connectivity index (χ2n) is 5.65.